The standard InChI is InChI=1S/C11H9NO3/c1-15-10-5-7-2-3-8(11(13)14)4-9(7)6-12-10/h2-6H,1H3,(H,13,14). The molecule has 76 valence electrons. The number of aromatic carboxylic acids is 1. The third-order valence-corrected chi connectivity index (χ3v) is 2.15. The molecule has 15 heavy (non-hydrogen) atoms. The third kappa shape index (κ3) is 1.74. The Balaban J connectivity index is 2.59. The Labute approximate surface area is 86.1 Å². The van der Waals surface area contributed by atoms with Crippen LogP contribution in [0.3, 0.4) is 0 Å². The molecule has 0 spiro atoms. The van der Waals surface area contributed by atoms with Gasteiger partial charge in [-0.25, -0.2) is 9.78 Å². The molecule has 0 aliphatic heterocycles. The van der Waals surface area contributed by atoms with Crippen LogP contribution in [0.4, 0.5) is 0 Å². The highest BCUT2D eigenvalue weighted by atomic mass is 16.5. The van der Waals surface area contributed by atoms with E-state index in [1.54, 1.807) is 37.6 Å². The number of aromatic nitrogens is 1. The molecule has 2 aromatic rings. The summed E-state index contributed by atoms with van der Waals surface area (Å²) < 4.78 is 4.97. The minimum atomic E-state index is -0.937. The maximum Gasteiger partial charge on any atom is 0.335 e. The van der Waals surface area contributed by atoms with Crippen LogP contribution in [0.5, 0.6) is 5.88 Å². The van der Waals surface area contributed by atoms with Crippen molar-refractivity contribution in [2.75, 3.05) is 7.11 Å². The summed E-state index contributed by atoms with van der Waals surface area (Å²) in [6, 6.07) is 6.65. The van der Waals surface area contributed by atoms with E-state index in [0.29, 0.717) is 5.88 Å². The molecule has 0 saturated heterocycles. The van der Waals surface area contributed by atoms with Gasteiger partial charge in [0.15, 0.2) is 0 Å². The summed E-state index contributed by atoms with van der Waals surface area (Å²) in [5.41, 5.74) is 0.259. The second-order valence-electron chi connectivity index (χ2n) is 3.09. The highest BCUT2D eigenvalue weighted by Gasteiger charge is 2.04. The van der Waals surface area contributed by atoms with Crippen LogP contribution < -0.4 is 4.74 Å². The fourth-order valence-electron chi connectivity index (χ4n) is 1.37. The molecule has 4 nitrogen and oxygen atoms in total. The van der Waals surface area contributed by atoms with Crippen molar-refractivity contribution < 1.29 is 14.6 Å². The molecule has 4 heteroatoms. The predicted molar refractivity (Wildman–Crippen MR) is 55.3 cm³/mol. The van der Waals surface area contributed by atoms with E-state index in [-0.39, 0.29) is 5.56 Å². The van der Waals surface area contributed by atoms with Crippen molar-refractivity contribution in [1.82, 2.24) is 4.98 Å². The third-order valence-electron chi connectivity index (χ3n) is 2.15. The van der Waals surface area contributed by atoms with Gasteiger partial charge in [-0.3, -0.25) is 0 Å². The van der Waals surface area contributed by atoms with Gasteiger partial charge < -0.3 is 9.84 Å². The summed E-state index contributed by atoms with van der Waals surface area (Å²) in [4.78, 5) is 14.7. The Morgan fingerprint density at radius 3 is 2.80 bits per heavy atom. The molecule has 0 aliphatic carbocycles. The van der Waals surface area contributed by atoms with E-state index in [0.717, 1.165) is 10.8 Å². The SMILES string of the molecule is COc1cc2ccc(C(=O)O)cc2cn1. The number of carboxylic acid groups (broad SMARTS) is 1. The summed E-state index contributed by atoms with van der Waals surface area (Å²) in [7, 11) is 1.54. The Kier molecular flexibility index (Phi) is 2.25. The van der Waals surface area contributed by atoms with Crippen LogP contribution in [0.1, 0.15) is 10.4 Å². The number of hydrogen-bond donors (Lipinski definition) is 1. The van der Waals surface area contributed by atoms with E-state index in [4.69, 9.17) is 9.84 Å². The number of carboxylic acids is 1. The van der Waals surface area contributed by atoms with Crippen molar-refractivity contribution >= 4 is 16.7 Å². The average molecular weight is 203 g/mol. The van der Waals surface area contributed by atoms with Gasteiger partial charge >= 0.3 is 5.97 Å². The van der Waals surface area contributed by atoms with E-state index in [9.17, 15) is 4.79 Å². The Morgan fingerprint density at radius 1 is 1.33 bits per heavy atom. The van der Waals surface area contributed by atoms with Gasteiger partial charge in [0.2, 0.25) is 5.88 Å². The van der Waals surface area contributed by atoms with Crippen LogP contribution >= 0.6 is 0 Å². The molecule has 0 bridgehead atoms. The number of rotatable bonds is 2. The first-order chi connectivity index (χ1) is 7.20. The van der Waals surface area contributed by atoms with Gasteiger partial charge in [-0.05, 0) is 17.5 Å². The summed E-state index contributed by atoms with van der Waals surface area (Å²) in [6.07, 6.45) is 1.60. The number of methoxy groups -OCH3 is 1. The maximum atomic E-state index is 10.7. The minimum Gasteiger partial charge on any atom is -0.481 e. The number of fused-ring (bicyclic) bond motifs is 1. The molecule has 0 amide bonds. The summed E-state index contributed by atoms with van der Waals surface area (Å²) in [5, 5.41) is 10.5. The second kappa shape index (κ2) is 3.57. The molecular formula is C11H9NO3. The normalized spacial score (nSPS) is 10.2. The molecule has 0 unspecified atom stereocenters. The zero-order valence-electron chi connectivity index (χ0n) is 8.10. The number of hydrogen-bond acceptors (Lipinski definition) is 3. The summed E-state index contributed by atoms with van der Waals surface area (Å²) in [6.45, 7) is 0. The predicted octanol–water partition coefficient (Wildman–Crippen LogP) is 1.94. The summed E-state index contributed by atoms with van der Waals surface area (Å²) in [5.74, 6) is -0.418. The lowest BCUT2D eigenvalue weighted by Gasteiger charge is -2.02. The average Bonchev–Trinajstić information content (AvgIpc) is 2.27. The van der Waals surface area contributed by atoms with Crippen LogP contribution in [0.15, 0.2) is 30.5 Å². The molecule has 1 aromatic heterocycles. The second-order valence-corrected chi connectivity index (χ2v) is 3.09. The van der Waals surface area contributed by atoms with Gasteiger partial charge in [0.25, 0.3) is 0 Å². The topological polar surface area (TPSA) is 59.4 Å². The first-order valence-electron chi connectivity index (χ1n) is 4.38. The summed E-state index contributed by atoms with van der Waals surface area (Å²) >= 11 is 0. The Bertz CT molecular complexity index is 522. The van der Waals surface area contributed by atoms with Crippen molar-refractivity contribution in [3.8, 4) is 5.88 Å². The smallest absolute Gasteiger partial charge is 0.335 e. The number of pyridine rings is 1. The highest BCUT2D eigenvalue weighted by Crippen LogP contribution is 2.19. The lowest BCUT2D eigenvalue weighted by atomic mass is 10.1. The Morgan fingerprint density at radius 2 is 2.13 bits per heavy atom. The molecule has 1 heterocycles. The lowest BCUT2D eigenvalue weighted by Crippen LogP contribution is -1.95. The lowest BCUT2D eigenvalue weighted by molar-refractivity contribution is 0.0697. The quantitative estimate of drug-likeness (QED) is 0.810. The molecule has 1 aromatic carbocycles. The molecule has 0 fully saturated rings. The van der Waals surface area contributed by atoms with Crippen molar-refractivity contribution in [2.24, 2.45) is 0 Å². The number of benzene rings is 1. The first-order valence-corrected chi connectivity index (χ1v) is 4.38. The number of nitrogens with zero attached hydrogens (tertiary/aromatic N) is 1. The first kappa shape index (κ1) is 9.45. The van der Waals surface area contributed by atoms with Crippen molar-refractivity contribution in [3.63, 3.8) is 0 Å². The van der Waals surface area contributed by atoms with Gasteiger partial charge in [0.1, 0.15) is 0 Å². The van der Waals surface area contributed by atoms with Gasteiger partial charge in [-0.1, -0.05) is 6.07 Å². The van der Waals surface area contributed by atoms with Gasteiger partial charge in [-0.2, -0.15) is 0 Å². The molecule has 0 radical (unpaired) electrons. The van der Waals surface area contributed by atoms with Crippen LogP contribution in [0.2, 0.25) is 0 Å². The monoisotopic (exact) mass is 203 g/mol. The van der Waals surface area contributed by atoms with E-state index >= 15 is 0 Å². The number of carbonyl (C=O) groups is 1. The minimum absolute atomic E-state index is 0.259. The maximum absolute atomic E-state index is 10.7. The molecule has 0 aliphatic rings. The van der Waals surface area contributed by atoms with Crippen LogP contribution in [-0.4, -0.2) is 23.2 Å². The zero-order valence-corrected chi connectivity index (χ0v) is 8.10. The van der Waals surface area contributed by atoms with Crippen molar-refractivity contribution in [2.45, 2.75) is 0 Å². The van der Waals surface area contributed by atoms with Gasteiger partial charge in [-0.15, -0.1) is 0 Å². The molecular weight excluding hydrogens is 194 g/mol. The van der Waals surface area contributed by atoms with Gasteiger partial charge in [0, 0.05) is 17.6 Å². The van der Waals surface area contributed by atoms with Crippen LogP contribution in [0, 0.1) is 0 Å². The fraction of sp³-hybridized carbons (Fsp3) is 0.0909. The molecule has 2 rings (SSSR count). The number of ether oxygens (including phenoxy) is 1. The van der Waals surface area contributed by atoms with Crippen LogP contribution in [-0.2, 0) is 0 Å². The Hall–Kier alpha value is -2.10. The molecule has 1 N–H and O–H groups in total. The largest absolute Gasteiger partial charge is 0.481 e. The molecule has 0 saturated carbocycles. The fourth-order valence-corrected chi connectivity index (χ4v) is 1.37. The van der Waals surface area contributed by atoms with E-state index in [1.807, 2.05) is 0 Å². The zero-order chi connectivity index (χ0) is 10.8. The van der Waals surface area contributed by atoms with E-state index in [1.165, 1.54) is 0 Å². The van der Waals surface area contributed by atoms with E-state index < -0.39 is 5.97 Å². The molecule has 0 atom stereocenters. The highest BCUT2D eigenvalue weighted by molar-refractivity contribution is 5.94. The van der Waals surface area contributed by atoms with Crippen molar-refractivity contribution in [3.05, 3.63) is 36.0 Å². The van der Waals surface area contributed by atoms with Gasteiger partial charge in [0.05, 0.1) is 12.7 Å². The van der Waals surface area contributed by atoms with Crippen molar-refractivity contribution in [1.29, 1.82) is 0 Å². The van der Waals surface area contributed by atoms with E-state index in [2.05, 4.69) is 4.98 Å². The van der Waals surface area contributed by atoms with Crippen LogP contribution in [0.25, 0.3) is 10.8 Å².